The van der Waals surface area contributed by atoms with Gasteiger partial charge in [-0.15, -0.1) is 0 Å². The summed E-state index contributed by atoms with van der Waals surface area (Å²) < 4.78 is 13.9. The van der Waals surface area contributed by atoms with Crippen molar-refractivity contribution in [3.8, 4) is 0 Å². The van der Waals surface area contributed by atoms with E-state index in [4.69, 9.17) is 9.47 Å². The van der Waals surface area contributed by atoms with Crippen molar-refractivity contribution in [2.75, 3.05) is 40.8 Å². The fourth-order valence-electron chi connectivity index (χ4n) is 4.17. The van der Waals surface area contributed by atoms with Crippen LogP contribution in [0.5, 0.6) is 0 Å². The van der Waals surface area contributed by atoms with E-state index in [1.165, 1.54) is 12.8 Å². The molecule has 1 unspecified atom stereocenters. The summed E-state index contributed by atoms with van der Waals surface area (Å²) >= 11 is 0. The number of methoxy groups -OCH3 is 1. The Hall–Kier alpha value is -1.44. The lowest BCUT2D eigenvalue weighted by atomic mass is 9.89. The maximum atomic E-state index is 12.2. The van der Waals surface area contributed by atoms with Crippen LogP contribution in [0.4, 0.5) is 0 Å². The minimum absolute atomic E-state index is 0.0542. The van der Waals surface area contributed by atoms with E-state index in [1.54, 1.807) is 19.0 Å². The summed E-state index contributed by atoms with van der Waals surface area (Å²) in [6, 6.07) is 1.86. The first-order chi connectivity index (χ1) is 12.5. The first-order valence-electron chi connectivity index (χ1n) is 9.67. The molecular weight excluding hydrogens is 332 g/mol. The molecule has 1 aromatic heterocycles. The summed E-state index contributed by atoms with van der Waals surface area (Å²) in [5.74, 6) is 0.711. The van der Waals surface area contributed by atoms with E-state index >= 15 is 0 Å². The van der Waals surface area contributed by atoms with Crippen LogP contribution in [0.3, 0.4) is 0 Å². The van der Waals surface area contributed by atoms with E-state index in [-0.39, 0.29) is 11.5 Å². The molecule has 0 N–H and O–H groups in total. The maximum absolute atomic E-state index is 12.2. The highest BCUT2D eigenvalue weighted by molar-refractivity contribution is 5.92. The molecule has 7 heteroatoms. The van der Waals surface area contributed by atoms with Crippen molar-refractivity contribution < 1.29 is 14.3 Å². The number of aromatic nitrogens is 2. The molecule has 1 saturated heterocycles. The van der Waals surface area contributed by atoms with Crippen LogP contribution in [0.2, 0.25) is 0 Å². The quantitative estimate of drug-likeness (QED) is 0.792. The molecule has 2 aliphatic heterocycles. The van der Waals surface area contributed by atoms with Gasteiger partial charge in [0.2, 0.25) is 0 Å². The molecule has 3 heterocycles. The van der Waals surface area contributed by atoms with Crippen LogP contribution in [0.1, 0.15) is 41.9 Å². The number of carbonyl (C=O) groups is 1. The fraction of sp³-hybridized carbons (Fsp3) is 0.789. The second kappa shape index (κ2) is 6.94. The van der Waals surface area contributed by atoms with Crippen LogP contribution in [-0.4, -0.2) is 78.0 Å². The lowest BCUT2D eigenvalue weighted by molar-refractivity contribution is -0.126. The van der Waals surface area contributed by atoms with Gasteiger partial charge in [0, 0.05) is 40.8 Å². The Bertz CT molecular complexity index is 660. The van der Waals surface area contributed by atoms with Crippen LogP contribution < -0.4 is 0 Å². The normalized spacial score (nSPS) is 23.7. The van der Waals surface area contributed by atoms with Crippen molar-refractivity contribution in [1.29, 1.82) is 0 Å². The number of hydrogen-bond acceptors (Lipinski definition) is 5. The van der Waals surface area contributed by atoms with Gasteiger partial charge >= 0.3 is 0 Å². The molecule has 0 radical (unpaired) electrons. The second-order valence-corrected chi connectivity index (χ2v) is 8.26. The lowest BCUT2D eigenvalue weighted by Crippen LogP contribution is -2.52. The molecule has 26 heavy (non-hydrogen) atoms. The average Bonchev–Trinajstić information content (AvgIpc) is 3.39. The minimum atomic E-state index is -0.143. The summed E-state index contributed by atoms with van der Waals surface area (Å²) in [5.41, 5.74) is 1.36. The number of amides is 1. The molecular formula is C19H30N4O3. The molecule has 7 nitrogen and oxygen atoms in total. The number of hydrogen-bond donors (Lipinski definition) is 0. The van der Waals surface area contributed by atoms with E-state index in [1.807, 2.05) is 17.9 Å². The largest absolute Gasteiger partial charge is 0.380 e. The van der Waals surface area contributed by atoms with E-state index in [0.717, 1.165) is 50.6 Å². The first-order valence-corrected chi connectivity index (χ1v) is 9.67. The molecule has 0 aromatic carbocycles. The molecule has 1 saturated carbocycles. The first kappa shape index (κ1) is 17.9. The van der Waals surface area contributed by atoms with Gasteiger partial charge in [-0.25, -0.2) is 0 Å². The van der Waals surface area contributed by atoms with Gasteiger partial charge in [0.15, 0.2) is 5.69 Å². The van der Waals surface area contributed by atoms with Crippen molar-refractivity contribution >= 4 is 5.91 Å². The second-order valence-electron chi connectivity index (χ2n) is 8.26. The number of rotatable bonds is 5. The number of fused-ring (bicyclic) bond motifs is 1. The standard InChI is InChI=1S/C19H30N4O3/c1-21(2)18(24)16-10-15-12-26-19(13-23(15)20-16)6-8-22(9-7-19)11-17(25-3)14-4-5-14/h10,14,17H,4-9,11-13H2,1-3H3. The van der Waals surface area contributed by atoms with Crippen LogP contribution in [0.15, 0.2) is 6.07 Å². The predicted octanol–water partition coefficient (Wildman–Crippen LogP) is 1.37. The molecule has 144 valence electrons. The Morgan fingerprint density at radius 3 is 2.77 bits per heavy atom. The predicted molar refractivity (Wildman–Crippen MR) is 97.0 cm³/mol. The van der Waals surface area contributed by atoms with Crippen molar-refractivity contribution in [1.82, 2.24) is 19.6 Å². The highest BCUT2D eigenvalue weighted by atomic mass is 16.5. The van der Waals surface area contributed by atoms with E-state index < -0.39 is 0 Å². The molecule has 2 fully saturated rings. The van der Waals surface area contributed by atoms with Gasteiger partial charge in [0.25, 0.3) is 5.91 Å². The number of ether oxygens (including phenoxy) is 2. The molecule has 1 aliphatic carbocycles. The van der Waals surface area contributed by atoms with Crippen LogP contribution in [0, 0.1) is 5.92 Å². The molecule has 1 spiro atoms. The molecule has 4 rings (SSSR count). The summed E-state index contributed by atoms with van der Waals surface area (Å²) in [6.07, 6.45) is 5.02. The smallest absolute Gasteiger partial charge is 0.273 e. The SMILES string of the molecule is COC(CN1CCC2(CC1)Cn1nc(C(=O)N(C)C)cc1CO2)C1CC1. The monoisotopic (exact) mass is 362 g/mol. The van der Waals surface area contributed by atoms with Gasteiger partial charge in [-0.1, -0.05) is 0 Å². The molecule has 3 aliphatic rings. The highest BCUT2D eigenvalue weighted by Gasteiger charge is 2.41. The summed E-state index contributed by atoms with van der Waals surface area (Å²) in [4.78, 5) is 16.2. The van der Waals surface area contributed by atoms with Gasteiger partial charge < -0.3 is 19.3 Å². The average molecular weight is 362 g/mol. The van der Waals surface area contributed by atoms with Gasteiger partial charge in [0.1, 0.15) is 0 Å². The Morgan fingerprint density at radius 2 is 2.15 bits per heavy atom. The molecule has 0 bridgehead atoms. The number of likely N-dealkylation sites (tertiary alicyclic amines) is 1. The zero-order chi connectivity index (χ0) is 18.3. The van der Waals surface area contributed by atoms with Crippen LogP contribution >= 0.6 is 0 Å². The van der Waals surface area contributed by atoms with E-state index in [9.17, 15) is 4.79 Å². The van der Waals surface area contributed by atoms with Gasteiger partial charge in [-0.3, -0.25) is 9.48 Å². The number of piperidine rings is 1. The zero-order valence-corrected chi connectivity index (χ0v) is 16.1. The zero-order valence-electron chi connectivity index (χ0n) is 16.1. The topological polar surface area (TPSA) is 59.8 Å². The minimum Gasteiger partial charge on any atom is -0.380 e. The third kappa shape index (κ3) is 3.52. The Morgan fingerprint density at radius 1 is 1.42 bits per heavy atom. The van der Waals surface area contributed by atoms with Gasteiger partial charge in [0.05, 0.1) is 30.6 Å². The number of carbonyl (C=O) groups excluding carboxylic acids is 1. The fourth-order valence-corrected chi connectivity index (χ4v) is 4.17. The summed E-state index contributed by atoms with van der Waals surface area (Å²) in [6.45, 7) is 4.38. The lowest BCUT2D eigenvalue weighted by Gasteiger charge is -2.44. The van der Waals surface area contributed by atoms with Crippen molar-refractivity contribution in [3.63, 3.8) is 0 Å². The summed E-state index contributed by atoms with van der Waals surface area (Å²) in [7, 11) is 5.34. The third-order valence-corrected chi connectivity index (χ3v) is 6.11. The maximum Gasteiger partial charge on any atom is 0.273 e. The highest BCUT2D eigenvalue weighted by Crippen LogP contribution is 2.36. The van der Waals surface area contributed by atoms with Crippen LogP contribution in [0.25, 0.3) is 0 Å². The van der Waals surface area contributed by atoms with Crippen molar-refractivity contribution in [2.24, 2.45) is 5.92 Å². The Labute approximate surface area is 155 Å². The molecule has 1 amide bonds. The van der Waals surface area contributed by atoms with Crippen molar-refractivity contribution in [2.45, 2.75) is 50.5 Å². The van der Waals surface area contributed by atoms with E-state index in [0.29, 0.717) is 18.4 Å². The van der Waals surface area contributed by atoms with Crippen LogP contribution in [-0.2, 0) is 22.6 Å². The molecule has 1 atom stereocenters. The summed E-state index contributed by atoms with van der Waals surface area (Å²) in [5, 5.41) is 4.55. The number of nitrogens with zero attached hydrogens (tertiary/aromatic N) is 4. The van der Waals surface area contributed by atoms with Gasteiger partial charge in [-0.2, -0.15) is 5.10 Å². The van der Waals surface area contributed by atoms with Crippen molar-refractivity contribution in [3.05, 3.63) is 17.5 Å². The van der Waals surface area contributed by atoms with Gasteiger partial charge in [-0.05, 0) is 37.7 Å². The Kier molecular flexibility index (Phi) is 4.79. The van der Waals surface area contributed by atoms with E-state index in [2.05, 4.69) is 10.00 Å². The third-order valence-electron chi connectivity index (χ3n) is 6.11. The Balaban J connectivity index is 1.37. The molecule has 1 aromatic rings.